The molecule has 1 aliphatic heterocycles. The Bertz CT molecular complexity index is 790. The molecule has 3 rings (SSSR count). The van der Waals surface area contributed by atoms with Crippen LogP contribution in [0, 0.1) is 0 Å². The Kier molecular flexibility index (Phi) is 6.52. The zero-order valence-electron chi connectivity index (χ0n) is 14.3. The van der Waals surface area contributed by atoms with Gasteiger partial charge in [0.2, 0.25) is 0 Å². The van der Waals surface area contributed by atoms with Crippen LogP contribution in [0.4, 0.5) is 0 Å². The molecule has 0 aliphatic carbocycles. The first-order chi connectivity index (χ1) is 12.5. The van der Waals surface area contributed by atoms with E-state index in [1.165, 1.54) is 17.3 Å². The van der Waals surface area contributed by atoms with Crippen LogP contribution in [-0.4, -0.2) is 17.8 Å². The molecule has 2 aromatic rings. The molecular weight excluding hydrogens is 387 g/mol. The van der Waals surface area contributed by atoms with Gasteiger partial charge >= 0.3 is 0 Å². The van der Waals surface area contributed by atoms with Crippen molar-refractivity contribution in [2.75, 3.05) is 5.88 Å². The summed E-state index contributed by atoms with van der Waals surface area (Å²) in [5.74, 6) is 0.822. The van der Waals surface area contributed by atoms with E-state index in [9.17, 15) is 4.79 Å². The third kappa shape index (κ3) is 4.97. The fraction of sp³-hybridized carbons (Fsp3) is 0.250. The summed E-state index contributed by atoms with van der Waals surface area (Å²) in [7, 11) is 0. The van der Waals surface area contributed by atoms with Gasteiger partial charge in [-0.1, -0.05) is 59.2 Å². The summed E-state index contributed by atoms with van der Waals surface area (Å²) in [6.07, 6.45) is 2.56. The lowest BCUT2D eigenvalue weighted by atomic mass is 9.86. The molecule has 0 radical (unpaired) electrons. The highest BCUT2D eigenvalue weighted by atomic mass is 35.5. The quantitative estimate of drug-likeness (QED) is 0.711. The minimum absolute atomic E-state index is 0.0393. The van der Waals surface area contributed by atoms with Gasteiger partial charge in [-0.25, -0.2) is 0 Å². The molecule has 1 amide bonds. The molecule has 1 heterocycles. The van der Waals surface area contributed by atoms with Crippen molar-refractivity contribution in [2.24, 2.45) is 0 Å². The molecule has 0 unspecified atom stereocenters. The van der Waals surface area contributed by atoms with Gasteiger partial charge in [0.05, 0.1) is 10.8 Å². The zero-order valence-corrected chi connectivity index (χ0v) is 16.7. The predicted molar refractivity (Wildman–Crippen MR) is 111 cm³/mol. The maximum absolute atomic E-state index is 12.5. The van der Waals surface area contributed by atoms with Gasteiger partial charge in [-0.05, 0) is 48.7 Å². The fourth-order valence-electron chi connectivity index (χ4n) is 2.97. The van der Waals surface area contributed by atoms with E-state index in [1.54, 1.807) is 6.20 Å². The molecule has 0 aromatic heterocycles. The fourth-order valence-corrected chi connectivity index (χ4v) is 3.90. The first-order valence-corrected chi connectivity index (χ1v) is 10.1. The summed E-state index contributed by atoms with van der Waals surface area (Å²) in [5, 5.41) is 7.61. The number of carbonyl (C=O) groups excluding carboxylic acids is 1. The van der Waals surface area contributed by atoms with Gasteiger partial charge in [-0.2, -0.15) is 0 Å². The van der Waals surface area contributed by atoms with Crippen LogP contribution in [0.5, 0.6) is 0 Å². The number of amides is 1. The maximum Gasteiger partial charge on any atom is 0.259 e. The van der Waals surface area contributed by atoms with Gasteiger partial charge in [0.25, 0.3) is 5.91 Å². The Morgan fingerprint density at radius 1 is 1.12 bits per heavy atom. The topological polar surface area (TPSA) is 41.1 Å². The second kappa shape index (κ2) is 8.85. The number of benzene rings is 2. The molecule has 1 aliphatic rings. The molecule has 2 aromatic carbocycles. The minimum atomic E-state index is -0.0403. The van der Waals surface area contributed by atoms with Gasteiger partial charge in [0.15, 0.2) is 0 Å². The van der Waals surface area contributed by atoms with Crippen molar-refractivity contribution in [1.82, 2.24) is 10.6 Å². The van der Waals surface area contributed by atoms with Crippen molar-refractivity contribution in [3.63, 3.8) is 0 Å². The Labute approximate surface area is 168 Å². The summed E-state index contributed by atoms with van der Waals surface area (Å²) in [4.78, 5) is 13.2. The monoisotopic (exact) mass is 406 g/mol. The Hall–Kier alpha value is -1.62. The highest BCUT2D eigenvalue weighted by molar-refractivity contribution is 8.04. The normalized spacial score (nSPS) is 15.7. The summed E-state index contributed by atoms with van der Waals surface area (Å²) in [6.45, 7) is 2.04. The molecule has 0 saturated carbocycles. The molecule has 0 spiro atoms. The number of thioether (sulfide) groups is 1. The summed E-state index contributed by atoms with van der Waals surface area (Å²) < 4.78 is 0. The average Bonchev–Trinajstić information content (AvgIpc) is 3.17. The van der Waals surface area contributed by atoms with Crippen LogP contribution in [0.2, 0.25) is 10.0 Å². The molecule has 6 heteroatoms. The minimum Gasteiger partial charge on any atom is -0.380 e. The van der Waals surface area contributed by atoms with Gasteiger partial charge in [0.1, 0.15) is 0 Å². The van der Waals surface area contributed by atoms with E-state index in [-0.39, 0.29) is 17.9 Å². The lowest BCUT2D eigenvalue weighted by Gasteiger charge is -2.26. The first-order valence-electron chi connectivity index (χ1n) is 8.40. The third-order valence-electron chi connectivity index (χ3n) is 4.40. The number of halogens is 2. The number of nitrogens with one attached hydrogen (secondary N) is 2. The Morgan fingerprint density at radius 3 is 2.31 bits per heavy atom. The Morgan fingerprint density at radius 2 is 1.73 bits per heavy atom. The first kappa shape index (κ1) is 19.2. The van der Waals surface area contributed by atoms with Crippen LogP contribution in [-0.2, 0) is 11.2 Å². The highest BCUT2D eigenvalue weighted by Gasteiger charge is 2.24. The van der Waals surface area contributed by atoms with Crippen molar-refractivity contribution in [1.29, 1.82) is 0 Å². The number of hydrogen-bond acceptors (Lipinski definition) is 3. The van der Waals surface area contributed by atoms with Crippen molar-refractivity contribution in [2.45, 2.75) is 25.3 Å². The second-order valence-corrected chi connectivity index (χ2v) is 8.14. The van der Waals surface area contributed by atoms with Gasteiger partial charge in [0, 0.05) is 28.2 Å². The van der Waals surface area contributed by atoms with Crippen LogP contribution < -0.4 is 10.6 Å². The molecule has 2 N–H and O–H groups in total. The second-order valence-electron chi connectivity index (χ2n) is 6.25. The summed E-state index contributed by atoms with van der Waals surface area (Å²) in [5.41, 5.74) is 2.31. The summed E-state index contributed by atoms with van der Waals surface area (Å²) >= 11 is 13.6. The van der Waals surface area contributed by atoms with Crippen LogP contribution in [0.15, 0.2) is 59.6 Å². The van der Waals surface area contributed by atoms with Crippen LogP contribution in [0.1, 0.15) is 24.0 Å². The Balaban J connectivity index is 1.80. The lowest BCUT2D eigenvalue weighted by Crippen LogP contribution is -2.38. The van der Waals surface area contributed by atoms with Gasteiger partial charge in [-0.3, -0.25) is 4.79 Å². The number of hydrogen-bond donors (Lipinski definition) is 2. The summed E-state index contributed by atoms with van der Waals surface area (Å²) in [6, 6.07) is 15.6. The zero-order chi connectivity index (χ0) is 18.5. The third-order valence-corrected chi connectivity index (χ3v) is 5.83. The largest absolute Gasteiger partial charge is 0.380 e. The van der Waals surface area contributed by atoms with Gasteiger partial charge < -0.3 is 10.6 Å². The van der Waals surface area contributed by atoms with Crippen LogP contribution in [0.3, 0.4) is 0 Å². The van der Waals surface area contributed by atoms with E-state index >= 15 is 0 Å². The molecule has 2 atom stereocenters. The van der Waals surface area contributed by atoms with E-state index in [1.807, 2.05) is 55.5 Å². The standard InChI is InChI=1S/C20H20Cl2N2OS/c1-13(24-20(25)19-11-23-12-26-19)18(15-4-8-17(22)9-5-15)10-14-2-6-16(21)7-3-14/h2-9,11,13,18,23H,10,12H2,1H3,(H,24,25)/t13-,18+/m1/s1. The van der Waals surface area contributed by atoms with Crippen molar-refractivity contribution in [3.8, 4) is 0 Å². The highest BCUT2D eigenvalue weighted by Crippen LogP contribution is 2.27. The predicted octanol–water partition coefficient (Wildman–Crippen LogP) is 4.96. The van der Waals surface area contributed by atoms with Crippen LogP contribution >= 0.6 is 35.0 Å². The maximum atomic E-state index is 12.5. The SMILES string of the molecule is C[C@@H](NC(=O)C1=CNCS1)[C@H](Cc1ccc(Cl)cc1)c1ccc(Cl)cc1. The van der Waals surface area contributed by atoms with Crippen molar-refractivity contribution < 1.29 is 4.79 Å². The number of rotatable bonds is 6. The molecule has 0 fully saturated rings. The van der Waals surface area contributed by atoms with Crippen molar-refractivity contribution >= 4 is 40.9 Å². The molecule has 0 bridgehead atoms. The van der Waals surface area contributed by atoms with Crippen molar-refractivity contribution in [3.05, 3.63) is 80.8 Å². The van der Waals surface area contributed by atoms with E-state index in [0.29, 0.717) is 5.02 Å². The lowest BCUT2D eigenvalue weighted by molar-refractivity contribution is -0.117. The average molecular weight is 407 g/mol. The number of carbonyl (C=O) groups is 1. The molecule has 3 nitrogen and oxygen atoms in total. The molecule has 26 heavy (non-hydrogen) atoms. The van der Waals surface area contributed by atoms with Gasteiger partial charge in [-0.15, -0.1) is 0 Å². The molecular formula is C20H20Cl2N2OS. The van der Waals surface area contributed by atoms with E-state index in [2.05, 4.69) is 10.6 Å². The molecule has 136 valence electrons. The van der Waals surface area contributed by atoms with E-state index < -0.39 is 0 Å². The van der Waals surface area contributed by atoms with E-state index in [0.717, 1.165) is 27.8 Å². The van der Waals surface area contributed by atoms with E-state index in [4.69, 9.17) is 23.2 Å². The van der Waals surface area contributed by atoms with Crippen LogP contribution in [0.25, 0.3) is 0 Å². The smallest absolute Gasteiger partial charge is 0.259 e. The molecule has 0 saturated heterocycles.